The van der Waals surface area contributed by atoms with Crippen LogP contribution in [0.2, 0.25) is 0 Å². The standard InChI is InChI=1S/C36H70O5/c1-4-5-6-7-8-9-10-11-12-13-14-17-20-23-26-29-35(38)40-31-34(37)32-41-36(39)30-27-24-21-18-15-16-19-22-25-28-33(2)3/h33-34,37H,4-32H2,1-3H3/t34-/m0/s1. The zero-order valence-electron chi connectivity index (χ0n) is 27.7. The highest BCUT2D eigenvalue weighted by Gasteiger charge is 2.12. The van der Waals surface area contributed by atoms with Gasteiger partial charge in [0, 0.05) is 12.8 Å². The Balaban J connectivity index is 3.40. The number of rotatable bonds is 32. The van der Waals surface area contributed by atoms with E-state index in [-0.39, 0.29) is 25.2 Å². The van der Waals surface area contributed by atoms with E-state index in [1.54, 1.807) is 0 Å². The van der Waals surface area contributed by atoms with Crippen LogP contribution in [0, 0.1) is 5.92 Å². The fraction of sp³-hybridized carbons (Fsp3) is 0.944. The molecule has 0 fully saturated rings. The fourth-order valence-corrected chi connectivity index (χ4v) is 5.27. The lowest BCUT2D eigenvalue weighted by Gasteiger charge is -2.12. The lowest BCUT2D eigenvalue weighted by molar-refractivity contribution is -0.152. The first-order valence-electron chi connectivity index (χ1n) is 17.9. The summed E-state index contributed by atoms with van der Waals surface area (Å²) in [4.78, 5) is 23.8. The molecule has 0 saturated carbocycles. The lowest BCUT2D eigenvalue weighted by atomic mass is 10.0. The number of aliphatic hydroxyl groups excluding tert-OH is 1. The van der Waals surface area contributed by atoms with Crippen LogP contribution in [0.25, 0.3) is 0 Å². The highest BCUT2D eigenvalue weighted by Crippen LogP contribution is 2.15. The third kappa shape index (κ3) is 33.3. The number of unbranched alkanes of at least 4 members (excludes halogenated alkanes) is 22. The van der Waals surface area contributed by atoms with Crippen molar-refractivity contribution in [3.05, 3.63) is 0 Å². The number of hydrogen-bond donors (Lipinski definition) is 1. The first-order chi connectivity index (χ1) is 20.0. The summed E-state index contributed by atoms with van der Waals surface area (Å²) in [6.07, 6.45) is 31.5. The summed E-state index contributed by atoms with van der Waals surface area (Å²) in [5, 5.41) is 9.97. The first kappa shape index (κ1) is 39.9. The molecule has 0 unspecified atom stereocenters. The van der Waals surface area contributed by atoms with Crippen molar-refractivity contribution in [3.63, 3.8) is 0 Å². The maximum absolute atomic E-state index is 11.9. The van der Waals surface area contributed by atoms with E-state index in [4.69, 9.17) is 9.47 Å². The molecule has 0 aromatic heterocycles. The van der Waals surface area contributed by atoms with Crippen molar-refractivity contribution < 1.29 is 24.2 Å². The Kier molecular flexibility index (Phi) is 31.0. The molecule has 0 aromatic rings. The number of esters is 2. The van der Waals surface area contributed by atoms with Crippen molar-refractivity contribution in [3.8, 4) is 0 Å². The molecule has 0 spiro atoms. The van der Waals surface area contributed by atoms with Crippen molar-refractivity contribution in [2.24, 2.45) is 5.92 Å². The maximum Gasteiger partial charge on any atom is 0.305 e. The second-order valence-corrected chi connectivity index (χ2v) is 12.8. The highest BCUT2D eigenvalue weighted by molar-refractivity contribution is 5.69. The van der Waals surface area contributed by atoms with Crippen LogP contribution in [0.1, 0.15) is 194 Å². The van der Waals surface area contributed by atoms with Crippen LogP contribution in [0.4, 0.5) is 0 Å². The second kappa shape index (κ2) is 31.8. The van der Waals surface area contributed by atoms with E-state index in [0.717, 1.165) is 38.0 Å². The molecule has 0 heterocycles. The minimum atomic E-state index is -0.954. The molecule has 244 valence electrons. The van der Waals surface area contributed by atoms with E-state index in [1.165, 1.54) is 128 Å². The molecule has 0 saturated heterocycles. The van der Waals surface area contributed by atoms with Crippen LogP contribution >= 0.6 is 0 Å². The molecule has 41 heavy (non-hydrogen) atoms. The second-order valence-electron chi connectivity index (χ2n) is 12.8. The summed E-state index contributed by atoms with van der Waals surface area (Å²) in [6.45, 7) is 6.63. The monoisotopic (exact) mass is 583 g/mol. The van der Waals surface area contributed by atoms with E-state index in [9.17, 15) is 14.7 Å². The van der Waals surface area contributed by atoms with Crippen LogP contribution in [0.3, 0.4) is 0 Å². The van der Waals surface area contributed by atoms with Gasteiger partial charge in [-0.25, -0.2) is 0 Å². The van der Waals surface area contributed by atoms with E-state index in [2.05, 4.69) is 20.8 Å². The number of hydrogen-bond acceptors (Lipinski definition) is 5. The smallest absolute Gasteiger partial charge is 0.305 e. The Labute approximate surface area is 255 Å². The molecule has 0 bridgehead atoms. The van der Waals surface area contributed by atoms with Gasteiger partial charge in [0.25, 0.3) is 0 Å². The van der Waals surface area contributed by atoms with Gasteiger partial charge in [-0.1, -0.05) is 168 Å². The summed E-state index contributed by atoms with van der Waals surface area (Å²) in [5.74, 6) is 0.264. The Morgan fingerprint density at radius 2 is 0.780 bits per heavy atom. The molecule has 5 heteroatoms. The van der Waals surface area contributed by atoms with Gasteiger partial charge in [0.05, 0.1) is 0 Å². The number of carbonyl (C=O) groups excluding carboxylic acids is 2. The molecule has 0 aliphatic heterocycles. The normalized spacial score (nSPS) is 12.1. The van der Waals surface area contributed by atoms with Crippen molar-refractivity contribution in [2.75, 3.05) is 13.2 Å². The average molecular weight is 583 g/mol. The first-order valence-corrected chi connectivity index (χ1v) is 17.9. The van der Waals surface area contributed by atoms with E-state index in [0.29, 0.717) is 12.8 Å². The molecule has 0 aromatic carbocycles. The minimum Gasteiger partial charge on any atom is -0.463 e. The predicted octanol–water partition coefficient (Wildman–Crippen LogP) is 10.6. The van der Waals surface area contributed by atoms with Crippen molar-refractivity contribution in [2.45, 2.75) is 200 Å². The summed E-state index contributed by atoms with van der Waals surface area (Å²) in [5.41, 5.74) is 0. The summed E-state index contributed by atoms with van der Waals surface area (Å²) >= 11 is 0. The molecule has 1 N–H and O–H groups in total. The van der Waals surface area contributed by atoms with Crippen LogP contribution < -0.4 is 0 Å². The van der Waals surface area contributed by atoms with Gasteiger partial charge in [0.2, 0.25) is 0 Å². The fourth-order valence-electron chi connectivity index (χ4n) is 5.27. The zero-order chi connectivity index (χ0) is 30.2. The Morgan fingerprint density at radius 3 is 1.10 bits per heavy atom. The Morgan fingerprint density at radius 1 is 0.488 bits per heavy atom. The lowest BCUT2D eigenvalue weighted by Crippen LogP contribution is -2.25. The SMILES string of the molecule is CCCCCCCCCCCCCCCCCC(=O)OC[C@H](O)COC(=O)CCCCCCCCCCCC(C)C. The Bertz CT molecular complexity index is 562. The van der Waals surface area contributed by atoms with Gasteiger partial charge >= 0.3 is 11.9 Å². The van der Waals surface area contributed by atoms with Crippen molar-refractivity contribution >= 4 is 11.9 Å². The van der Waals surface area contributed by atoms with Crippen LogP contribution in [-0.2, 0) is 19.1 Å². The predicted molar refractivity (Wildman–Crippen MR) is 173 cm³/mol. The summed E-state index contributed by atoms with van der Waals surface area (Å²) < 4.78 is 10.3. The van der Waals surface area contributed by atoms with E-state index in [1.807, 2.05) is 0 Å². The molecule has 0 aliphatic rings. The van der Waals surface area contributed by atoms with Gasteiger partial charge in [-0.2, -0.15) is 0 Å². The molecule has 0 aliphatic carbocycles. The number of aliphatic hydroxyl groups is 1. The molecule has 5 nitrogen and oxygen atoms in total. The summed E-state index contributed by atoms with van der Waals surface area (Å²) in [6, 6.07) is 0. The summed E-state index contributed by atoms with van der Waals surface area (Å²) in [7, 11) is 0. The largest absolute Gasteiger partial charge is 0.463 e. The third-order valence-corrected chi connectivity index (χ3v) is 8.02. The maximum atomic E-state index is 11.9. The van der Waals surface area contributed by atoms with E-state index >= 15 is 0 Å². The third-order valence-electron chi connectivity index (χ3n) is 8.02. The topological polar surface area (TPSA) is 72.8 Å². The van der Waals surface area contributed by atoms with Crippen molar-refractivity contribution in [1.82, 2.24) is 0 Å². The average Bonchev–Trinajstić information content (AvgIpc) is 2.95. The van der Waals surface area contributed by atoms with Crippen molar-refractivity contribution in [1.29, 1.82) is 0 Å². The molecule has 0 radical (unpaired) electrons. The van der Waals surface area contributed by atoms with Crippen LogP contribution in [0.15, 0.2) is 0 Å². The quantitative estimate of drug-likeness (QED) is 0.0631. The van der Waals surface area contributed by atoms with Gasteiger partial charge in [-0.3, -0.25) is 9.59 Å². The number of ether oxygens (including phenoxy) is 2. The zero-order valence-corrected chi connectivity index (χ0v) is 27.7. The van der Waals surface area contributed by atoms with E-state index < -0.39 is 6.10 Å². The molecular weight excluding hydrogens is 512 g/mol. The molecular formula is C36H70O5. The Hall–Kier alpha value is -1.10. The van der Waals surface area contributed by atoms with Gasteiger partial charge in [-0.05, 0) is 18.8 Å². The van der Waals surface area contributed by atoms with Gasteiger partial charge in [0.15, 0.2) is 0 Å². The van der Waals surface area contributed by atoms with Gasteiger partial charge in [0.1, 0.15) is 19.3 Å². The highest BCUT2D eigenvalue weighted by atomic mass is 16.6. The van der Waals surface area contributed by atoms with Gasteiger partial charge in [-0.15, -0.1) is 0 Å². The molecule has 0 rings (SSSR count). The number of carbonyl (C=O) groups is 2. The molecule has 1 atom stereocenters. The van der Waals surface area contributed by atoms with Crippen LogP contribution in [0.5, 0.6) is 0 Å². The minimum absolute atomic E-state index is 0.109. The van der Waals surface area contributed by atoms with Gasteiger partial charge < -0.3 is 14.6 Å². The van der Waals surface area contributed by atoms with Crippen LogP contribution in [-0.4, -0.2) is 36.4 Å². The molecule has 0 amide bonds.